The zero-order valence-corrected chi connectivity index (χ0v) is 13.6. The smallest absolute Gasteiger partial charge is 0.197 e. The molecule has 0 atom stereocenters. The van der Waals surface area contributed by atoms with Gasteiger partial charge in [0.2, 0.25) is 0 Å². The number of halogens is 1. The first-order valence-electron chi connectivity index (χ1n) is 7.39. The van der Waals surface area contributed by atoms with Crippen LogP contribution in [0, 0.1) is 0 Å². The molecule has 2 aromatic rings. The van der Waals surface area contributed by atoms with E-state index in [1.54, 1.807) is 6.07 Å². The fourth-order valence-corrected chi connectivity index (χ4v) is 3.62. The maximum atomic E-state index is 6.09. The van der Waals surface area contributed by atoms with E-state index >= 15 is 0 Å². The van der Waals surface area contributed by atoms with Gasteiger partial charge in [0.1, 0.15) is 21.8 Å². The summed E-state index contributed by atoms with van der Waals surface area (Å²) in [4.78, 5) is 8.81. The Hall–Kier alpha value is -1.14. The van der Waals surface area contributed by atoms with Gasteiger partial charge in [0, 0.05) is 25.5 Å². The van der Waals surface area contributed by atoms with Gasteiger partial charge in [-0.05, 0) is 31.0 Å². The van der Waals surface area contributed by atoms with Crippen molar-refractivity contribution in [3.8, 4) is 0 Å². The minimum absolute atomic E-state index is 0.492. The van der Waals surface area contributed by atoms with Crippen LogP contribution < -0.4 is 0 Å². The van der Waals surface area contributed by atoms with Crippen molar-refractivity contribution < 1.29 is 0 Å². The standard InChI is InChI=1S/C14H18ClN5S/c1-2-6-11-16-10(15)9-13(17-11)21-14-19-18-12-7-4-3-5-8-20(12)14/h9H,2-8H2,1H3. The Bertz CT molecular complexity index is 628. The summed E-state index contributed by atoms with van der Waals surface area (Å²) >= 11 is 7.61. The van der Waals surface area contributed by atoms with E-state index in [0.717, 1.165) is 47.6 Å². The van der Waals surface area contributed by atoms with Crippen molar-refractivity contribution in [3.63, 3.8) is 0 Å². The molecular formula is C14H18ClN5S. The molecule has 0 fully saturated rings. The van der Waals surface area contributed by atoms with E-state index in [0.29, 0.717) is 5.15 Å². The molecule has 21 heavy (non-hydrogen) atoms. The molecule has 0 saturated heterocycles. The molecule has 0 spiro atoms. The molecule has 0 bridgehead atoms. The lowest BCUT2D eigenvalue weighted by molar-refractivity contribution is 0.590. The van der Waals surface area contributed by atoms with Crippen LogP contribution in [0.2, 0.25) is 5.15 Å². The molecule has 0 unspecified atom stereocenters. The minimum Gasteiger partial charge on any atom is -0.306 e. The average Bonchev–Trinajstić information content (AvgIpc) is 2.68. The van der Waals surface area contributed by atoms with E-state index in [4.69, 9.17) is 11.6 Å². The second kappa shape index (κ2) is 6.75. The van der Waals surface area contributed by atoms with Crippen LogP contribution in [0.3, 0.4) is 0 Å². The normalized spacial score (nSPS) is 14.8. The fourth-order valence-electron chi connectivity index (χ4n) is 2.46. The van der Waals surface area contributed by atoms with Gasteiger partial charge in [0.05, 0.1) is 0 Å². The molecule has 112 valence electrons. The number of nitrogens with zero attached hydrogens (tertiary/aromatic N) is 5. The molecule has 3 rings (SSSR count). The number of hydrogen-bond acceptors (Lipinski definition) is 5. The van der Waals surface area contributed by atoms with Crippen LogP contribution in [0.1, 0.15) is 44.3 Å². The van der Waals surface area contributed by atoms with Crippen molar-refractivity contribution in [2.24, 2.45) is 0 Å². The minimum atomic E-state index is 0.492. The van der Waals surface area contributed by atoms with Crippen molar-refractivity contribution in [1.82, 2.24) is 24.7 Å². The zero-order valence-electron chi connectivity index (χ0n) is 12.0. The Morgan fingerprint density at radius 3 is 3.00 bits per heavy atom. The summed E-state index contributed by atoms with van der Waals surface area (Å²) < 4.78 is 2.22. The lowest BCUT2D eigenvalue weighted by Crippen LogP contribution is -2.03. The quantitative estimate of drug-likeness (QED) is 0.805. The van der Waals surface area contributed by atoms with E-state index in [9.17, 15) is 0 Å². The van der Waals surface area contributed by atoms with Crippen LogP contribution in [-0.2, 0) is 19.4 Å². The van der Waals surface area contributed by atoms with Crippen LogP contribution in [0.4, 0.5) is 0 Å². The molecule has 0 saturated carbocycles. The number of aryl methyl sites for hydroxylation is 2. The lowest BCUT2D eigenvalue weighted by atomic mass is 10.2. The lowest BCUT2D eigenvalue weighted by Gasteiger charge is -2.07. The SMILES string of the molecule is CCCc1nc(Cl)cc(Sc2nnc3n2CCCCC3)n1. The molecule has 1 aliphatic rings. The first-order chi connectivity index (χ1) is 10.3. The van der Waals surface area contributed by atoms with Crippen molar-refractivity contribution in [1.29, 1.82) is 0 Å². The summed E-state index contributed by atoms with van der Waals surface area (Å²) in [7, 11) is 0. The highest BCUT2D eigenvalue weighted by molar-refractivity contribution is 7.99. The van der Waals surface area contributed by atoms with E-state index < -0.39 is 0 Å². The topological polar surface area (TPSA) is 56.5 Å². The Labute approximate surface area is 133 Å². The van der Waals surface area contributed by atoms with Gasteiger partial charge in [-0.1, -0.05) is 24.9 Å². The van der Waals surface area contributed by atoms with Gasteiger partial charge in [0.25, 0.3) is 0 Å². The molecular weight excluding hydrogens is 306 g/mol. The highest BCUT2D eigenvalue weighted by Crippen LogP contribution is 2.28. The van der Waals surface area contributed by atoms with Crippen LogP contribution in [-0.4, -0.2) is 24.7 Å². The Kier molecular flexibility index (Phi) is 4.75. The molecule has 0 aromatic carbocycles. The summed E-state index contributed by atoms with van der Waals surface area (Å²) in [6.45, 7) is 3.10. The molecule has 0 aliphatic carbocycles. The summed E-state index contributed by atoms with van der Waals surface area (Å²) in [5, 5.41) is 10.9. The summed E-state index contributed by atoms with van der Waals surface area (Å²) in [6.07, 6.45) is 6.50. The van der Waals surface area contributed by atoms with E-state index in [-0.39, 0.29) is 0 Å². The first kappa shape index (κ1) is 14.8. The zero-order chi connectivity index (χ0) is 14.7. The van der Waals surface area contributed by atoms with Gasteiger partial charge < -0.3 is 4.57 Å². The van der Waals surface area contributed by atoms with E-state index in [1.807, 2.05) is 0 Å². The molecule has 0 amide bonds. The molecule has 0 N–H and O–H groups in total. The molecule has 5 nitrogen and oxygen atoms in total. The molecule has 3 heterocycles. The second-order valence-corrected chi connectivity index (χ2v) is 6.53. The third-order valence-corrected chi connectivity index (χ3v) is 4.56. The monoisotopic (exact) mass is 323 g/mol. The van der Waals surface area contributed by atoms with Crippen molar-refractivity contribution in [2.75, 3.05) is 0 Å². The van der Waals surface area contributed by atoms with Crippen LogP contribution in [0.5, 0.6) is 0 Å². The maximum absolute atomic E-state index is 6.09. The Morgan fingerprint density at radius 2 is 2.14 bits per heavy atom. The average molecular weight is 324 g/mol. The number of aromatic nitrogens is 5. The number of rotatable bonds is 4. The van der Waals surface area contributed by atoms with Crippen molar-refractivity contribution in [3.05, 3.63) is 22.9 Å². The van der Waals surface area contributed by atoms with Gasteiger partial charge in [0.15, 0.2) is 5.16 Å². The third-order valence-electron chi connectivity index (χ3n) is 3.46. The first-order valence-corrected chi connectivity index (χ1v) is 8.59. The van der Waals surface area contributed by atoms with Crippen molar-refractivity contribution >= 4 is 23.4 Å². The predicted octanol–water partition coefficient (Wildman–Crippen LogP) is 3.55. The van der Waals surface area contributed by atoms with Gasteiger partial charge in [-0.15, -0.1) is 10.2 Å². The van der Waals surface area contributed by atoms with Gasteiger partial charge in [-0.3, -0.25) is 0 Å². The van der Waals surface area contributed by atoms with Crippen LogP contribution in [0.25, 0.3) is 0 Å². The molecule has 2 aromatic heterocycles. The van der Waals surface area contributed by atoms with Gasteiger partial charge in [-0.25, -0.2) is 9.97 Å². The number of hydrogen-bond donors (Lipinski definition) is 0. The Morgan fingerprint density at radius 1 is 1.24 bits per heavy atom. The van der Waals surface area contributed by atoms with Gasteiger partial charge >= 0.3 is 0 Å². The number of fused-ring (bicyclic) bond motifs is 1. The summed E-state index contributed by atoms with van der Waals surface area (Å²) in [6, 6.07) is 1.80. The summed E-state index contributed by atoms with van der Waals surface area (Å²) in [5.74, 6) is 1.88. The predicted molar refractivity (Wildman–Crippen MR) is 82.7 cm³/mol. The third kappa shape index (κ3) is 3.55. The van der Waals surface area contributed by atoms with Crippen LogP contribution in [0.15, 0.2) is 16.2 Å². The fraction of sp³-hybridized carbons (Fsp3) is 0.571. The molecule has 7 heteroatoms. The highest BCUT2D eigenvalue weighted by Gasteiger charge is 2.16. The van der Waals surface area contributed by atoms with Gasteiger partial charge in [-0.2, -0.15) is 0 Å². The second-order valence-electron chi connectivity index (χ2n) is 5.16. The van der Waals surface area contributed by atoms with Crippen molar-refractivity contribution in [2.45, 2.75) is 62.2 Å². The van der Waals surface area contributed by atoms with Crippen LogP contribution >= 0.6 is 23.4 Å². The largest absolute Gasteiger partial charge is 0.306 e. The molecule has 0 radical (unpaired) electrons. The van der Waals surface area contributed by atoms with E-state index in [2.05, 4.69) is 31.7 Å². The maximum Gasteiger partial charge on any atom is 0.197 e. The Balaban J connectivity index is 1.85. The molecule has 1 aliphatic heterocycles. The highest BCUT2D eigenvalue weighted by atomic mass is 35.5. The summed E-state index contributed by atoms with van der Waals surface area (Å²) in [5.41, 5.74) is 0. The van der Waals surface area contributed by atoms with E-state index in [1.165, 1.54) is 31.0 Å².